The lowest BCUT2D eigenvalue weighted by Gasteiger charge is -2.51. The number of ketones is 1. The van der Waals surface area contributed by atoms with Crippen molar-refractivity contribution in [1.82, 2.24) is 9.80 Å². The minimum absolute atomic E-state index is 0.100. The molecule has 4 saturated heterocycles. The summed E-state index contributed by atoms with van der Waals surface area (Å²) in [7, 11) is 6.93. The van der Waals surface area contributed by atoms with Gasteiger partial charge in [0.15, 0.2) is 18.7 Å². The van der Waals surface area contributed by atoms with Gasteiger partial charge < -0.3 is 62.5 Å². The third kappa shape index (κ3) is 13.9. The second kappa shape index (κ2) is 24.8. The highest BCUT2D eigenvalue weighted by Crippen LogP contribution is 2.43. The van der Waals surface area contributed by atoms with Crippen molar-refractivity contribution in [1.29, 1.82) is 0 Å². The summed E-state index contributed by atoms with van der Waals surface area (Å²) < 4.78 is 64.4. The number of ether oxygens (including phenoxy) is 10. The van der Waals surface area contributed by atoms with Gasteiger partial charge in [0.2, 0.25) is 0 Å². The fourth-order valence-electron chi connectivity index (χ4n) is 11.4. The van der Waals surface area contributed by atoms with Gasteiger partial charge in [-0.25, -0.2) is 4.79 Å². The van der Waals surface area contributed by atoms with E-state index < -0.39 is 108 Å². The summed E-state index contributed by atoms with van der Waals surface area (Å²) in [4.78, 5) is 58.0. The normalized spacial score (nSPS) is 40.4. The van der Waals surface area contributed by atoms with Crippen molar-refractivity contribution in [3.8, 4) is 0 Å². The molecule has 0 saturated carbocycles. The maximum atomic E-state index is 14.6. The molecule has 18 nitrogen and oxygen atoms in total. The van der Waals surface area contributed by atoms with Crippen LogP contribution in [-0.4, -0.2) is 176 Å². The van der Waals surface area contributed by atoms with Gasteiger partial charge in [0, 0.05) is 64.8 Å². The minimum atomic E-state index is -2.00. The van der Waals surface area contributed by atoms with Gasteiger partial charge >= 0.3 is 18.0 Å². The van der Waals surface area contributed by atoms with Crippen LogP contribution in [0.3, 0.4) is 0 Å². The molecule has 404 valence electrons. The van der Waals surface area contributed by atoms with E-state index in [-0.39, 0.29) is 56.1 Å². The highest BCUT2D eigenvalue weighted by molar-refractivity contribution is 5.83. The van der Waals surface area contributed by atoms with Crippen LogP contribution < -0.4 is 0 Å². The maximum absolute atomic E-state index is 14.6. The van der Waals surface area contributed by atoms with E-state index in [9.17, 15) is 29.4 Å². The number of hydrogen-bond donors (Lipinski definition) is 2. The first kappa shape index (κ1) is 58.6. The maximum Gasteiger partial charge on any atom is 0.410 e. The number of aliphatic hydroxyl groups is 2. The number of benzene rings is 1. The molecule has 4 fully saturated rings. The predicted molar refractivity (Wildman–Crippen MR) is 261 cm³/mol. The predicted octanol–water partition coefficient (Wildman–Crippen LogP) is 5.84. The number of cyclic esters (lactones) is 1. The third-order valence-corrected chi connectivity index (χ3v) is 15.7. The lowest BCUT2D eigenvalue weighted by molar-refractivity contribution is -0.319. The van der Waals surface area contributed by atoms with Crippen LogP contribution in [0, 0.1) is 23.7 Å². The van der Waals surface area contributed by atoms with E-state index in [0.717, 1.165) is 5.56 Å². The Labute approximate surface area is 421 Å². The van der Waals surface area contributed by atoms with E-state index in [1.165, 1.54) is 21.0 Å². The molecule has 0 aliphatic carbocycles. The summed E-state index contributed by atoms with van der Waals surface area (Å²) in [6, 6.07) is 9.10. The Morgan fingerprint density at radius 3 is 2.06 bits per heavy atom. The van der Waals surface area contributed by atoms with Crippen molar-refractivity contribution < 1.29 is 76.8 Å². The monoisotopic (exact) mass is 1010 g/mol. The largest absolute Gasteiger partial charge is 0.459 e. The lowest BCUT2D eigenvalue weighted by atomic mass is 9.74. The molecule has 2 N–H and O–H groups in total. The van der Waals surface area contributed by atoms with Gasteiger partial charge in [-0.3, -0.25) is 19.3 Å². The van der Waals surface area contributed by atoms with Crippen LogP contribution in [0.25, 0.3) is 0 Å². The first-order chi connectivity index (χ1) is 33.3. The number of piperidine rings is 1. The number of hydrogen-bond acceptors (Lipinski definition) is 17. The van der Waals surface area contributed by atoms with Gasteiger partial charge in [0.25, 0.3) is 0 Å². The number of rotatable bonds is 13. The van der Waals surface area contributed by atoms with E-state index in [4.69, 9.17) is 47.4 Å². The van der Waals surface area contributed by atoms with Crippen LogP contribution >= 0.6 is 0 Å². The molecule has 0 bridgehead atoms. The molecule has 1 amide bonds. The number of methoxy groups -OCH3 is 2. The topological polar surface area (TPSA) is 208 Å². The van der Waals surface area contributed by atoms with Gasteiger partial charge in [-0.2, -0.15) is 0 Å². The molecule has 4 heterocycles. The second-order valence-corrected chi connectivity index (χ2v) is 21.6. The zero-order chi connectivity index (χ0) is 52.7. The van der Waals surface area contributed by atoms with E-state index in [2.05, 4.69) is 0 Å². The number of carbonyl (C=O) groups excluding carboxylic acids is 4. The zero-order valence-corrected chi connectivity index (χ0v) is 45.0. The summed E-state index contributed by atoms with van der Waals surface area (Å²) in [6.07, 6.45) is -7.36. The van der Waals surface area contributed by atoms with Crippen molar-refractivity contribution in [2.45, 2.75) is 212 Å². The summed E-state index contributed by atoms with van der Waals surface area (Å²) in [6.45, 7) is 19.8. The molecule has 0 radical (unpaired) electrons. The Morgan fingerprint density at radius 2 is 1.48 bits per heavy atom. The van der Waals surface area contributed by atoms with Gasteiger partial charge in [-0.05, 0) is 86.9 Å². The molecule has 18 heteroatoms. The highest BCUT2D eigenvalue weighted by atomic mass is 16.7. The quantitative estimate of drug-likeness (QED) is 0.176. The highest BCUT2D eigenvalue weighted by Gasteiger charge is 2.55. The lowest BCUT2D eigenvalue weighted by Crippen LogP contribution is -2.62. The number of nitrogens with zero attached hydrogens (tertiary/aromatic N) is 2. The molecule has 1 aromatic rings. The summed E-state index contributed by atoms with van der Waals surface area (Å²) >= 11 is 0. The Hall–Kier alpha value is -3.30. The van der Waals surface area contributed by atoms with Crippen LogP contribution in [0.15, 0.2) is 30.3 Å². The summed E-state index contributed by atoms with van der Waals surface area (Å²) in [5, 5.41) is 23.6. The Morgan fingerprint density at radius 1 is 0.859 bits per heavy atom. The minimum Gasteiger partial charge on any atom is -0.459 e. The number of esters is 2. The number of Topliss-reactive ketones (excluding diaryl/α,β-unsaturated/α-hetero) is 1. The van der Waals surface area contributed by atoms with Crippen molar-refractivity contribution in [2.24, 2.45) is 23.7 Å². The fraction of sp³-hybridized carbons (Fsp3) is 0.811. The Bertz CT molecular complexity index is 1900. The van der Waals surface area contributed by atoms with E-state index in [1.54, 1.807) is 46.6 Å². The Kier molecular flexibility index (Phi) is 20.5. The van der Waals surface area contributed by atoms with Gasteiger partial charge in [0.1, 0.15) is 29.7 Å². The third-order valence-electron chi connectivity index (χ3n) is 15.7. The molecule has 0 spiro atoms. The number of likely N-dealkylation sites (N-methyl/N-ethyl adjacent to an activating group) is 1. The first-order valence-electron chi connectivity index (χ1n) is 25.6. The van der Waals surface area contributed by atoms with Crippen LogP contribution in [0.2, 0.25) is 0 Å². The van der Waals surface area contributed by atoms with Crippen LogP contribution in [0.5, 0.6) is 0 Å². The number of carbonyl (C=O) groups is 4. The molecular formula is C53H86N2O16. The fourth-order valence-corrected chi connectivity index (χ4v) is 11.4. The van der Waals surface area contributed by atoms with Gasteiger partial charge in [-0.15, -0.1) is 0 Å². The Balaban J connectivity index is 1.51. The zero-order valence-electron chi connectivity index (χ0n) is 45.0. The molecule has 5 rings (SSSR count). The second-order valence-electron chi connectivity index (χ2n) is 21.6. The van der Waals surface area contributed by atoms with Gasteiger partial charge in [0.05, 0.1) is 60.3 Å². The van der Waals surface area contributed by atoms with Crippen LogP contribution in [0.1, 0.15) is 120 Å². The molecule has 1 aromatic carbocycles. The molecule has 0 aromatic heterocycles. The number of likely N-dealkylation sites (tertiary alicyclic amines) is 1. The molecule has 18 atom stereocenters. The van der Waals surface area contributed by atoms with E-state index in [1.807, 2.05) is 77.0 Å². The molecule has 0 unspecified atom stereocenters. The molecule has 71 heavy (non-hydrogen) atoms. The molecule has 4 aliphatic rings. The van der Waals surface area contributed by atoms with Crippen molar-refractivity contribution in [2.75, 3.05) is 41.4 Å². The molecular weight excluding hydrogens is 921 g/mol. The number of aliphatic hydroxyl groups excluding tert-OH is 1. The number of amides is 1. The van der Waals surface area contributed by atoms with Gasteiger partial charge in [-0.1, -0.05) is 58.0 Å². The summed E-state index contributed by atoms with van der Waals surface area (Å²) in [5.41, 5.74) is -3.44. The van der Waals surface area contributed by atoms with Crippen LogP contribution in [0.4, 0.5) is 4.79 Å². The van der Waals surface area contributed by atoms with Crippen molar-refractivity contribution in [3.63, 3.8) is 0 Å². The smallest absolute Gasteiger partial charge is 0.410 e. The SMILES string of the molecule is CC[C@H]1OC(=O)[C@H](C)[C@@H](O[C@@H]2C[C@@](C)(OC)[C@@H](OC(C)=O)[C@H](C)O2)[C@H](C)[C@@H](O[C@@H]2O[C@H](C)C[C@@H](OC3CCN(C(=O)OCc4ccccc4)CC3)[C@@H]2N(C)C)[C@@](C)(OC)C[C@@H](C)C(=O)[C@H](C)[C@@H](O)[C@]1(C)O. The van der Waals surface area contributed by atoms with E-state index in [0.29, 0.717) is 32.4 Å². The molecule has 4 aliphatic heterocycles. The standard InChI is InChI=1S/C53H86N2O16/c1-16-40-53(11,61)45(58)32(4)43(57)30(2)27-51(9,62-14)46(33(5)44(34(6)48(59)69-40)70-41-28-52(10,63-15)47(35(7)66-41)67-36(8)56)71-49-42(54(12)13)39(26-31(3)65-49)68-38-22-24-55(25-23-38)50(60)64-29-37-20-18-17-19-21-37/h17-21,30-35,38-42,44-47,49,58,61H,16,22-29H2,1-15H3/t30-,31-,32+,33+,34-,35+,39-,40-,41-,42+,44+,45-,46-,47+,49+,51+,52-,53-/m1/s1. The van der Waals surface area contributed by atoms with Crippen molar-refractivity contribution >= 4 is 23.8 Å². The van der Waals surface area contributed by atoms with Crippen LogP contribution in [-0.2, 0) is 68.4 Å². The first-order valence-corrected chi connectivity index (χ1v) is 25.6. The average molecular weight is 1010 g/mol. The van der Waals surface area contributed by atoms with Crippen molar-refractivity contribution in [3.05, 3.63) is 35.9 Å². The average Bonchev–Trinajstić information content (AvgIpc) is 3.33. The van der Waals surface area contributed by atoms with E-state index >= 15 is 0 Å². The summed E-state index contributed by atoms with van der Waals surface area (Å²) in [5.74, 6) is -5.12.